The second kappa shape index (κ2) is 19.2. The summed E-state index contributed by atoms with van der Waals surface area (Å²) in [7, 11) is -1.19. The van der Waals surface area contributed by atoms with Crippen LogP contribution in [0, 0.1) is 0 Å². The Bertz CT molecular complexity index is 2370. The van der Waals surface area contributed by atoms with Crippen molar-refractivity contribution in [3.8, 4) is 0 Å². The van der Waals surface area contributed by atoms with Gasteiger partial charge in [-0.1, -0.05) is 19.9 Å². The van der Waals surface area contributed by atoms with Crippen molar-refractivity contribution in [1.29, 1.82) is 0 Å². The minimum absolute atomic E-state index is 0.153. The van der Waals surface area contributed by atoms with E-state index < -0.39 is 31.1 Å². The number of carbonyl (C=O) groups is 1. The highest BCUT2D eigenvalue weighted by Gasteiger charge is 2.45. The molecular formula is C46H65N3O10S2+2. The van der Waals surface area contributed by atoms with Gasteiger partial charge in [-0.3, -0.25) is 9.11 Å². The Morgan fingerprint density at radius 3 is 2.11 bits per heavy atom. The Kier molecular flexibility index (Phi) is 15.1. The second-order valence-electron chi connectivity index (χ2n) is 17.9. The Morgan fingerprint density at radius 2 is 1.48 bits per heavy atom. The molecule has 5 rings (SSSR count). The summed E-state index contributed by atoms with van der Waals surface area (Å²) < 4.78 is 89.2. The van der Waals surface area contributed by atoms with Crippen LogP contribution < -0.4 is 4.90 Å². The fraction of sp³-hybridized carbons (Fsp3) is 0.522. The summed E-state index contributed by atoms with van der Waals surface area (Å²) in [5.41, 5.74) is 5.98. The van der Waals surface area contributed by atoms with E-state index >= 15 is 0 Å². The van der Waals surface area contributed by atoms with Gasteiger partial charge in [0, 0.05) is 74.5 Å². The van der Waals surface area contributed by atoms with Gasteiger partial charge in [-0.2, -0.15) is 21.4 Å². The predicted molar refractivity (Wildman–Crippen MR) is 238 cm³/mol. The van der Waals surface area contributed by atoms with Crippen molar-refractivity contribution in [2.24, 2.45) is 0 Å². The highest BCUT2D eigenvalue weighted by molar-refractivity contribution is 7.86. The summed E-state index contributed by atoms with van der Waals surface area (Å²) in [6.45, 7) is 14.0. The molecule has 334 valence electrons. The largest absolute Gasteiger partial charge is 0.493 e. The highest BCUT2D eigenvalue weighted by Crippen LogP contribution is 2.49. The van der Waals surface area contributed by atoms with E-state index in [4.69, 9.17) is 14.2 Å². The lowest BCUT2D eigenvalue weighted by atomic mass is 9.81. The average Bonchev–Trinajstić information content (AvgIpc) is 3.52. The fourth-order valence-electron chi connectivity index (χ4n) is 8.78. The zero-order valence-electron chi connectivity index (χ0n) is 37.3. The number of ether oxygens (including phenoxy) is 3. The van der Waals surface area contributed by atoms with Gasteiger partial charge in [-0.25, -0.2) is 0 Å². The van der Waals surface area contributed by atoms with E-state index in [1.807, 2.05) is 27.7 Å². The molecule has 0 fully saturated rings. The fourth-order valence-corrected chi connectivity index (χ4v) is 9.79. The lowest BCUT2D eigenvalue weighted by Gasteiger charge is -2.30. The number of allylic oxidation sites excluding steroid dienone is 7. The summed E-state index contributed by atoms with van der Waals surface area (Å²) in [5.74, 6) is 1.00. The molecule has 2 heterocycles. The number of nitrogens with zero attached hydrogens (tertiary/aromatic N) is 3. The number of benzene rings is 2. The monoisotopic (exact) mass is 883 g/mol. The molecule has 0 amide bonds. The van der Waals surface area contributed by atoms with Crippen LogP contribution in [-0.4, -0.2) is 121 Å². The van der Waals surface area contributed by atoms with Crippen molar-refractivity contribution >= 4 is 43.1 Å². The van der Waals surface area contributed by atoms with Gasteiger partial charge in [0.2, 0.25) is 5.69 Å². The van der Waals surface area contributed by atoms with Crippen LogP contribution in [0.2, 0.25) is 0 Å². The molecule has 1 aliphatic carbocycles. The van der Waals surface area contributed by atoms with E-state index in [0.717, 1.165) is 100 Å². The Hall–Kier alpha value is -3.96. The Morgan fingerprint density at radius 1 is 0.836 bits per heavy atom. The molecule has 0 radical (unpaired) electrons. The SMILES string of the molecule is COCCN1/C(=C/C=C2\CCCC(/C=C/C3=[N+](CCOC)c4ccc(S(=O)(=O)O)cc4C3(C)C)=C2OCCC[N+](C)(C)CCCC(C)=O)C(C)(C)c2cc(S(=O)(=O)O)ccc21. The summed E-state index contributed by atoms with van der Waals surface area (Å²) in [5, 5.41) is 0. The van der Waals surface area contributed by atoms with Gasteiger partial charge in [0.05, 0.1) is 55.6 Å². The van der Waals surface area contributed by atoms with Gasteiger partial charge >= 0.3 is 0 Å². The van der Waals surface area contributed by atoms with E-state index in [9.17, 15) is 30.7 Å². The number of methoxy groups -OCH3 is 2. The standard InChI is InChI=1S/C46H63N3O10S2/c1-33(50)13-11-26-49(6,7)27-12-28-59-44-34(16-22-42-45(2,3)38-31-36(60(51,52)53)18-20-40(38)47(42)24-29-57-8)14-10-15-35(44)17-23-43-46(4,5)39-32-37(61(54,55)56)19-21-41(39)48(43)25-30-58-9/h16-23,31-32H,10-15,24-30H2,1-9H3/p+2. The average molecular weight is 884 g/mol. The number of ketones is 1. The van der Waals surface area contributed by atoms with Gasteiger partial charge in [-0.05, 0) is 99.2 Å². The number of quaternary nitrogens is 1. The molecule has 0 saturated carbocycles. The normalized spacial score (nSPS) is 19.1. The zero-order chi connectivity index (χ0) is 45.0. The van der Waals surface area contributed by atoms with Crippen LogP contribution in [0.1, 0.15) is 84.3 Å². The molecule has 2 aliphatic heterocycles. The third kappa shape index (κ3) is 11.2. The first-order valence-electron chi connectivity index (χ1n) is 20.9. The van der Waals surface area contributed by atoms with Crippen LogP contribution >= 0.6 is 0 Å². The summed E-state index contributed by atoms with van der Waals surface area (Å²) in [4.78, 5) is 13.4. The topological polar surface area (TPSA) is 160 Å². The smallest absolute Gasteiger partial charge is 0.294 e. The zero-order valence-corrected chi connectivity index (χ0v) is 38.9. The lowest BCUT2D eigenvalue weighted by Crippen LogP contribution is -2.41. The van der Waals surface area contributed by atoms with E-state index in [1.165, 1.54) is 12.1 Å². The van der Waals surface area contributed by atoms with Crippen molar-refractivity contribution in [3.63, 3.8) is 0 Å². The molecule has 2 aromatic rings. The second-order valence-corrected chi connectivity index (χ2v) is 20.8. The number of anilines is 1. The number of Topliss-reactive ketones (excluding diaryl/α,β-unsaturated/α-hetero) is 1. The summed E-state index contributed by atoms with van der Waals surface area (Å²) >= 11 is 0. The number of hydrogen-bond acceptors (Lipinski definition) is 9. The van der Waals surface area contributed by atoms with Crippen LogP contribution in [-0.2, 0) is 50.1 Å². The van der Waals surface area contributed by atoms with Crippen molar-refractivity contribution in [2.75, 3.05) is 79.2 Å². The van der Waals surface area contributed by atoms with Gasteiger partial charge < -0.3 is 28.4 Å². The maximum atomic E-state index is 12.2. The van der Waals surface area contributed by atoms with Crippen molar-refractivity contribution in [1.82, 2.24) is 0 Å². The molecule has 13 nitrogen and oxygen atoms in total. The molecule has 61 heavy (non-hydrogen) atoms. The molecule has 0 spiro atoms. The van der Waals surface area contributed by atoms with E-state index in [0.29, 0.717) is 39.3 Å². The van der Waals surface area contributed by atoms with Crippen molar-refractivity contribution < 1.29 is 54.0 Å². The minimum atomic E-state index is -4.41. The van der Waals surface area contributed by atoms with Gasteiger partial charge in [-0.15, -0.1) is 0 Å². The van der Waals surface area contributed by atoms with Crippen LogP contribution in [0.25, 0.3) is 0 Å². The predicted octanol–water partition coefficient (Wildman–Crippen LogP) is 7.30. The number of rotatable bonds is 20. The summed E-state index contributed by atoms with van der Waals surface area (Å²) in [6, 6.07) is 9.43. The highest BCUT2D eigenvalue weighted by atomic mass is 32.2. The molecule has 0 unspecified atom stereocenters. The summed E-state index contributed by atoms with van der Waals surface area (Å²) in [6.07, 6.45) is 13.0. The molecule has 0 saturated heterocycles. The molecule has 2 aromatic carbocycles. The van der Waals surface area contributed by atoms with Gasteiger partial charge in [0.15, 0.2) is 12.3 Å². The Labute approximate surface area is 363 Å². The lowest BCUT2D eigenvalue weighted by molar-refractivity contribution is -0.890. The van der Waals surface area contributed by atoms with E-state index in [1.54, 1.807) is 45.4 Å². The molecule has 0 atom stereocenters. The number of fused-ring (bicyclic) bond motifs is 2. The third-order valence-electron chi connectivity index (χ3n) is 12.2. The minimum Gasteiger partial charge on any atom is -0.493 e. The van der Waals surface area contributed by atoms with Gasteiger partial charge in [0.25, 0.3) is 20.2 Å². The Balaban J connectivity index is 1.57. The quantitative estimate of drug-likeness (QED) is 0.0595. The van der Waals surface area contributed by atoms with Crippen LogP contribution in [0.15, 0.2) is 93.1 Å². The van der Waals surface area contributed by atoms with E-state index in [-0.39, 0.29) is 15.6 Å². The van der Waals surface area contributed by atoms with Crippen molar-refractivity contribution in [2.45, 2.75) is 93.8 Å². The number of hydrogen-bond donors (Lipinski definition) is 2. The van der Waals surface area contributed by atoms with Crippen LogP contribution in [0.5, 0.6) is 0 Å². The van der Waals surface area contributed by atoms with Crippen molar-refractivity contribution in [3.05, 3.63) is 94.4 Å². The first-order valence-corrected chi connectivity index (χ1v) is 23.8. The maximum absolute atomic E-state index is 12.2. The molecular weight excluding hydrogens is 819 g/mol. The molecule has 2 N–H and O–H groups in total. The third-order valence-corrected chi connectivity index (χ3v) is 13.9. The molecule has 0 bridgehead atoms. The number of carbonyl (C=O) groups excluding carboxylic acids is 1. The van der Waals surface area contributed by atoms with Crippen LogP contribution in [0.4, 0.5) is 11.4 Å². The van der Waals surface area contributed by atoms with Gasteiger partial charge in [0.1, 0.15) is 18.1 Å². The first kappa shape index (κ1) is 48.1. The maximum Gasteiger partial charge on any atom is 0.294 e. The van der Waals surface area contributed by atoms with E-state index in [2.05, 4.69) is 47.9 Å². The molecule has 0 aromatic heterocycles. The first-order chi connectivity index (χ1) is 28.5. The molecule has 3 aliphatic rings. The molecule has 15 heteroatoms. The van der Waals surface area contributed by atoms with Crippen LogP contribution in [0.3, 0.4) is 0 Å².